The van der Waals surface area contributed by atoms with E-state index in [2.05, 4.69) is 51.3 Å². The molecule has 0 atom stereocenters. The molecular formula is C25H24N4OS. The van der Waals surface area contributed by atoms with Gasteiger partial charge in [0.25, 0.3) is 0 Å². The van der Waals surface area contributed by atoms with Crippen LogP contribution in [0.3, 0.4) is 0 Å². The highest BCUT2D eigenvalue weighted by atomic mass is 32.2. The fraction of sp³-hybridized carbons (Fsp3) is 0.160. The van der Waals surface area contributed by atoms with Gasteiger partial charge in [0, 0.05) is 18.7 Å². The monoisotopic (exact) mass is 428 g/mol. The summed E-state index contributed by atoms with van der Waals surface area (Å²) in [6, 6.07) is 28.3. The second-order valence-corrected chi connectivity index (χ2v) is 8.03. The summed E-state index contributed by atoms with van der Waals surface area (Å²) < 4.78 is 2.07. The van der Waals surface area contributed by atoms with Gasteiger partial charge in [-0.2, -0.15) is 0 Å². The molecule has 0 saturated carbocycles. The number of nitrogens with one attached hydrogen (secondary N) is 1. The van der Waals surface area contributed by atoms with Crippen molar-refractivity contribution >= 4 is 23.4 Å². The minimum absolute atomic E-state index is 0.0623. The number of nitrogens with zero attached hydrogens (tertiary/aromatic N) is 3. The Morgan fingerprint density at radius 1 is 0.871 bits per heavy atom. The van der Waals surface area contributed by atoms with Gasteiger partial charge in [-0.25, -0.2) is 0 Å². The Kier molecular flexibility index (Phi) is 6.79. The van der Waals surface area contributed by atoms with E-state index in [0.717, 1.165) is 40.8 Å². The molecule has 4 aromatic rings. The van der Waals surface area contributed by atoms with Gasteiger partial charge in [-0.3, -0.25) is 4.79 Å². The van der Waals surface area contributed by atoms with Crippen molar-refractivity contribution in [3.05, 3.63) is 96.3 Å². The summed E-state index contributed by atoms with van der Waals surface area (Å²) in [5.74, 6) is 1.13. The topological polar surface area (TPSA) is 59.8 Å². The van der Waals surface area contributed by atoms with Crippen molar-refractivity contribution < 1.29 is 4.79 Å². The highest BCUT2D eigenvalue weighted by Gasteiger charge is 2.13. The lowest BCUT2D eigenvalue weighted by Crippen LogP contribution is -2.14. The van der Waals surface area contributed by atoms with Crippen LogP contribution in [0.15, 0.2) is 90.1 Å². The summed E-state index contributed by atoms with van der Waals surface area (Å²) in [5.41, 5.74) is 4.25. The van der Waals surface area contributed by atoms with E-state index in [1.165, 1.54) is 17.3 Å². The molecular weight excluding hydrogens is 404 g/mol. The number of amides is 1. The third-order valence-electron chi connectivity index (χ3n) is 4.92. The molecule has 0 bridgehead atoms. The number of rotatable bonds is 8. The molecule has 156 valence electrons. The van der Waals surface area contributed by atoms with Gasteiger partial charge in [0.2, 0.25) is 5.91 Å². The van der Waals surface area contributed by atoms with Crippen molar-refractivity contribution in [2.45, 2.75) is 25.0 Å². The van der Waals surface area contributed by atoms with Crippen molar-refractivity contribution in [2.75, 3.05) is 11.1 Å². The zero-order valence-corrected chi connectivity index (χ0v) is 18.2. The molecule has 1 aromatic heterocycles. The maximum Gasteiger partial charge on any atom is 0.234 e. The van der Waals surface area contributed by atoms with Crippen LogP contribution in [-0.2, 0) is 17.8 Å². The summed E-state index contributed by atoms with van der Waals surface area (Å²) in [6.45, 7) is 2.83. The van der Waals surface area contributed by atoms with Gasteiger partial charge in [0.15, 0.2) is 5.16 Å². The van der Waals surface area contributed by atoms with Crippen LogP contribution in [0, 0.1) is 0 Å². The molecule has 0 spiro atoms. The Morgan fingerprint density at radius 3 is 2.19 bits per heavy atom. The smallest absolute Gasteiger partial charge is 0.234 e. The molecule has 0 aliphatic heterocycles. The first-order valence-corrected chi connectivity index (χ1v) is 11.3. The number of hydrogen-bond acceptors (Lipinski definition) is 4. The quantitative estimate of drug-likeness (QED) is 0.388. The normalized spacial score (nSPS) is 10.7. The first-order chi connectivity index (χ1) is 15.2. The molecule has 0 unspecified atom stereocenters. The molecule has 31 heavy (non-hydrogen) atoms. The van der Waals surface area contributed by atoms with Crippen LogP contribution in [0.25, 0.3) is 11.1 Å². The Bertz CT molecular complexity index is 1130. The molecule has 1 N–H and O–H groups in total. The minimum atomic E-state index is -0.0623. The lowest BCUT2D eigenvalue weighted by molar-refractivity contribution is -0.113. The Morgan fingerprint density at radius 2 is 1.52 bits per heavy atom. The zero-order valence-electron chi connectivity index (χ0n) is 17.4. The molecule has 0 saturated heterocycles. The number of aromatic nitrogens is 3. The van der Waals surface area contributed by atoms with Crippen LogP contribution >= 0.6 is 11.8 Å². The van der Waals surface area contributed by atoms with Crippen LogP contribution in [-0.4, -0.2) is 26.4 Å². The molecule has 6 heteroatoms. The predicted molar refractivity (Wildman–Crippen MR) is 126 cm³/mol. The first-order valence-electron chi connectivity index (χ1n) is 10.3. The Balaban J connectivity index is 1.34. The molecule has 0 fully saturated rings. The molecule has 5 nitrogen and oxygen atoms in total. The number of carbonyl (C=O) groups excluding carboxylic acids is 1. The lowest BCUT2D eigenvalue weighted by atomic mass is 10.1. The minimum Gasteiger partial charge on any atom is -0.325 e. The van der Waals surface area contributed by atoms with Gasteiger partial charge < -0.3 is 9.88 Å². The number of hydrogen-bond donors (Lipinski definition) is 1. The average molecular weight is 429 g/mol. The molecule has 0 radical (unpaired) electrons. The fourth-order valence-electron chi connectivity index (χ4n) is 3.36. The van der Waals surface area contributed by atoms with Crippen molar-refractivity contribution in [1.29, 1.82) is 0 Å². The van der Waals surface area contributed by atoms with E-state index in [1.807, 2.05) is 60.7 Å². The average Bonchev–Trinajstić information content (AvgIpc) is 3.21. The first kappa shape index (κ1) is 20.9. The van der Waals surface area contributed by atoms with Gasteiger partial charge in [0.05, 0.1) is 5.75 Å². The van der Waals surface area contributed by atoms with E-state index < -0.39 is 0 Å². The molecule has 4 rings (SSSR count). The standard InChI is InChI=1S/C25H24N4OS/c1-2-29-23(17-19-9-5-3-6-10-19)27-28-25(29)31-18-24(30)26-22-15-13-21(14-16-22)20-11-7-4-8-12-20/h3-16H,2,17-18H2,1H3,(H,26,30). The molecule has 3 aromatic carbocycles. The van der Waals surface area contributed by atoms with E-state index in [9.17, 15) is 4.79 Å². The number of carbonyl (C=O) groups is 1. The second-order valence-electron chi connectivity index (χ2n) is 7.09. The molecule has 0 aliphatic rings. The number of anilines is 1. The van der Waals surface area contributed by atoms with Gasteiger partial charge in [-0.05, 0) is 35.7 Å². The van der Waals surface area contributed by atoms with Crippen LogP contribution in [0.5, 0.6) is 0 Å². The second kappa shape index (κ2) is 10.1. The summed E-state index contributed by atoms with van der Waals surface area (Å²) in [4.78, 5) is 12.4. The highest BCUT2D eigenvalue weighted by Crippen LogP contribution is 2.22. The Labute approximate surface area is 186 Å². The molecule has 1 amide bonds. The maximum atomic E-state index is 12.4. The van der Waals surface area contributed by atoms with Crippen molar-refractivity contribution in [3.63, 3.8) is 0 Å². The summed E-state index contributed by atoms with van der Waals surface area (Å²) in [6.07, 6.45) is 0.724. The van der Waals surface area contributed by atoms with Gasteiger partial charge in [-0.1, -0.05) is 84.6 Å². The van der Waals surface area contributed by atoms with E-state index in [-0.39, 0.29) is 11.7 Å². The van der Waals surface area contributed by atoms with Crippen LogP contribution in [0.2, 0.25) is 0 Å². The van der Waals surface area contributed by atoms with E-state index in [4.69, 9.17) is 0 Å². The Hall–Kier alpha value is -3.38. The summed E-state index contributed by atoms with van der Waals surface area (Å²) in [7, 11) is 0. The van der Waals surface area contributed by atoms with Gasteiger partial charge in [0.1, 0.15) is 5.82 Å². The van der Waals surface area contributed by atoms with Crippen molar-refractivity contribution in [3.8, 4) is 11.1 Å². The van der Waals surface area contributed by atoms with Gasteiger partial charge in [-0.15, -0.1) is 10.2 Å². The van der Waals surface area contributed by atoms with E-state index >= 15 is 0 Å². The fourth-order valence-corrected chi connectivity index (χ4v) is 4.18. The SMILES string of the molecule is CCn1c(Cc2ccccc2)nnc1SCC(=O)Nc1ccc(-c2ccccc2)cc1. The zero-order chi connectivity index (χ0) is 21.5. The van der Waals surface area contributed by atoms with Crippen LogP contribution in [0.4, 0.5) is 5.69 Å². The third-order valence-corrected chi connectivity index (χ3v) is 5.89. The number of benzene rings is 3. The lowest BCUT2D eigenvalue weighted by Gasteiger charge is -2.08. The maximum absolute atomic E-state index is 12.4. The largest absolute Gasteiger partial charge is 0.325 e. The van der Waals surface area contributed by atoms with Crippen molar-refractivity contribution in [1.82, 2.24) is 14.8 Å². The number of thioether (sulfide) groups is 1. The predicted octanol–water partition coefficient (Wildman–Crippen LogP) is 5.29. The van der Waals surface area contributed by atoms with Crippen LogP contribution < -0.4 is 5.32 Å². The van der Waals surface area contributed by atoms with Gasteiger partial charge >= 0.3 is 0 Å². The molecule has 1 heterocycles. The summed E-state index contributed by atoms with van der Waals surface area (Å²) in [5, 5.41) is 12.4. The molecule has 0 aliphatic carbocycles. The van der Waals surface area contributed by atoms with E-state index in [1.54, 1.807) is 0 Å². The third kappa shape index (κ3) is 5.41. The van der Waals surface area contributed by atoms with Crippen LogP contribution in [0.1, 0.15) is 18.3 Å². The summed E-state index contributed by atoms with van der Waals surface area (Å²) >= 11 is 1.41. The highest BCUT2D eigenvalue weighted by molar-refractivity contribution is 7.99. The van der Waals surface area contributed by atoms with E-state index in [0.29, 0.717) is 0 Å². The van der Waals surface area contributed by atoms with Crippen molar-refractivity contribution in [2.24, 2.45) is 0 Å².